The summed E-state index contributed by atoms with van der Waals surface area (Å²) >= 11 is 0. The quantitative estimate of drug-likeness (QED) is 0.669. The summed E-state index contributed by atoms with van der Waals surface area (Å²) in [5.41, 5.74) is 1.18. The molecule has 0 atom stereocenters. The molecule has 2 aromatic heterocycles. The number of fused-ring (bicyclic) bond motifs is 1. The van der Waals surface area contributed by atoms with Gasteiger partial charge in [0, 0.05) is 40.5 Å². The molecule has 0 aliphatic carbocycles. The zero-order chi connectivity index (χ0) is 6.97. The van der Waals surface area contributed by atoms with Gasteiger partial charge in [-0.15, -0.1) is 10.2 Å². The summed E-state index contributed by atoms with van der Waals surface area (Å²) in [6.07, 6.45) is 3.19. The van der Waals surface area contributed by atoms with E-state index in [1.165, 1.54) is 4.80 Å². The summed E-state index contributed by atoms with van der Waals surface area (Å²) in [7, 11) is 1.74. The molecule has 0 aliphatic rings. The third-order valence-corrected chi connectivity index (χ3v) is 1.14. The minimum absolute atomic E-state index is 0. The van der Waals surface area contributed by atoms with Crippen molar-refractivity contribution in [3.63, 3.8) is 0 Å². The van der Waals surface area contributed by atoms with E-state index >= 15 is 0 Å². The van der Waals surface area contributed by atoms with Crippen molar-refractivity contribution in [3.8, 4) is 0 Å². The Labute approximate surface area is 77.1 Å². The molecule has 0 aromatic carbocycles. The van der Waals surface area contributed by atoms with Gasteiger partial charge in [-0.1, -0.05) is 0 Å². The van der Waals surface area contributed by atoms with Gasteiger partial charge in [-0.3, -0.25) is 0 Å². The van der Waals surface area contributed by atoms with Gasteiger partial charge in [0.25, 0.3) is 0 Å². The van der Waals surface area contributed by atoms with Gasteiger partial charge >= 0.3 is 0 Å². The van der Waals surface area contributed by atoms with Crippen LogP contribution in [-0.2, 0) is 28.1 Å². The number of rotatable bonds is 0. The first-order valence-corrected chi connectivity index (χ1v) is 2.84. The Morgan fingerprint density at radius 3 is 2.00 bits per heavy atom. The second kappa shape index (κ2) is 3.05. The SMILES string of the molecule is Cn1nc2nccnc2n1.[Pt]. The average molecular weight is 330 g/mol. The molecule has 0 fully saturated rings. The molecule has 0 saturated heterocycles. The number of aromatic nitrogens is 5. The minimum atomic E-state index is 0. The van der Waals surface area contributed by atoms with E-state index in [1.807, 2.05) is 0 Å². The number of nitrogens with zero attached hydrogens (tertiary/aromatic N) is 5. The summed E-state index contributed by atoms with van der Waals surface area (Å²) < 4.78 is 0. The van der Waals surface area contributed by atoms with Crippen molar-refractivity contribution in [1.82, 2.24) is 25.0 Å². The van der Waals surface area contributed by atoms with Gasteiger partial charge in [-0.05, 0) is 0 Å². The smallest absolute Gasteiger partial charge is 0.221 e. The van der Waals surface area contributed by atoms with Crippen LogP contribution < -0.4 is 0 Å². The van der Waals surface area contributed by atoms with Crippen LogP contribution in [0.25, 0.3) is 11.3 Å². The fraction of sp³-hybridized carbons (Fsp3) is 0.200. The van der Waals surface area contributed by atoms with Crippen molar-refractivity contribution >= 4 is 11.3 Å². The topological polar surface area (TPSA) is 56.5 Å². The first-order valence-electron chi connectivity index (χ1n) is 2.84. The van der Waals surface area contributed by atoms with E-state index in [-0.39, 0.29) is 21.1 Å². The van der Waals surface area contributed by atoms with Gasteiger partial charge in [-0.2, -0.15) is 4.80 Å². The van der Waals surface area contributed by atoms with Crippen LogP contribution in [0.5, 0.6) is 0 Å². The summed E-state index contributed by atoms with van der Waals surface area (Å²) in [5.74, 6) is 0. The molecule has 0 N–H and O–H groups in total. The van der Waals surface area contributed by atoms with Crippen LogP contribution in [0, 0.1) is 0 Å². The zero-order valence-electron chi connectivity index (χ0n) is 5.71. The van der Waals surface area contributed by atoms with Crippen molar-refractivity contribution in [3.05, 3.63) is 12.4 Å². The molecule has 0 saturated carbocycles. The largest absolute Gasteiger partial charge is 0.231 e. The van der Waals surface area contributed by atoms with Gasteiger partial charge in [-0.25, -0.2) is 9.97 Å². The van der Waals surface area contributed by atoms with Gasteiger partial charge in [0.2, 0.25) is 11.3 Å². The molecule has 6 heteroatoms. The molecule has 2 rings (SSSR count). The normalized spacial score (nSPS) is 9.55. The Balaban J connectivity index is 0.000000605. The monoisotopic (exact) mass is 330 g/mol. The predicted molar refractivity (Wildman–Crippen MR) is 34.1 cm³/mol. The zero-order valence-corrected chi connectivity index (χ0v) is 7.98. The second-order valence-electron chi connectivity index (χ2n) is 1.89. The Morgan fingerprint density at radius 1 is 1.09 bits per heavy atom. The van der Waals surface area contributed by atoms with Crippen LogP contribution in [0.15, 0.2) is 12.4 Å². The molecule has 60 valence electrons. The number of hydrogen-bond acceptors (Lipinski definition) is 4. The molecular formula is C5H5N5Pt. The Hall–Kier alpha value is -0.832. The third-order valence-electron chi connectivity index (χ3n) is 1.14. The van der Waals surface area contributed by atoms with Crippen LogP contribution >= 0.6 is 0 Å². The second-order valence-corrected chi connectivity index (χ2v) is 1.89. The van der Waals surface area contributed by atoms with Crippen LogP contribution in [0.1, 0.15) is 0 Å². The molecule has 0 amide bonds. The molecule has 2 aromatic rings. The first-order chi connectivity index (χ1) is 4.86. The van der Waals surface area contributed by atoms with Crippen LogP contribution in [0.4, 0.5) is 0 Å². The molecule has 0 spiro atoms. The van der Waals surface area contributed by atoms with E-state index in [2.05, 4.69) is 20.2 Å². The summed E-state index contributed by atoms with van der Waals surface area (Å²) in [6, 6.07) is 0. The van der Waals surface area contributed by atoms with E-state index < -0.39 is 0 Å². The van der Waals surface area contributed by atoms with Crippen LogP contribution in [0.3, 0.4) is 0 Å². The molecular weight excluding hydrogens is 325 g/mol. The van der Waals surface area contributed by atoms with Gasteiger partial charge in [0.1, 0.15) is 0 Å². The van der Waals surface area contributed by atoms with Crippen molar-refractivity contribution in [2.45, 2.75) is 0 Å². The fourth-order valence-electron chi connectivity index (χ4n) is 0.761. The number of aryl methyl sites for hydroxylation is 1. The van der Waals surface area contributed by atoms with Crippen molar-refractivity contribution in [1.29, 1.82) is 0 Å². The molecule has 0 aliphatic heterocycles. The maximum Gasteiger partial charge on any atom is 0.221 e. The summed E-state index contributed by atoms with van der Waals surface area (Å²) in [6.45, 7) is 0. The summed E-state index contributed by atoms with van der Waals surface area (Å²) in [4.78, 5) is 9.34. The molecule has 11 heavy (non-hydrogen) atoms. The summed E-state index contributed by atoms with van der Waals surface area (Å²) in [5, 5.41) is 7.89. The van der Waals surface area contributed by atoms with Gasteiger partial charge in [0.15, 0.2) is 0 Å². The molecule has 0 bridgehead atoms. The molecule has 0 radical (unpaired) electrons. The van der Waals surface area contributed by atoms with E-state index in [0.29, 0.717) is 11.3 Å². The number of hydrogen-bond donors (Lipinski definition) is 0. The Morgan fingerprint density at radius 2 is 1.55 bits per heavy atom. The Kier molecular flexibility index (Phi) is 2.29. The van der Waals surface area contributed by atoms with Crippen LogP contribution in [-0.4, -0.2) is 25.0 Å². The van der Waals surface area contributed by atoms with E-state index in [4.69, 9.17) is 0 Å². The predicted octanol–water partition coefficient (Wildman–Crippen LogP) is -0.244. The Bertz CT molecular complexity index is 323. The third kappa shape index (κ3) is 1.43. The maximum atomic E-state index is 3.95. The van der Waals surface area contributed by atoms with Crippen molar-refractivity contribution in [2.24, 2.45) is 7.05 Å². The van der Waals surface area contributed by atoms with Crippen molar-refractivity contribution < 1.29 is 21.1 Å². The maximum absolute atomic E-state index is 3.95. The fourth-order valence-corrected chi connectivity index (χ4v) is 0.761. The standard InChI is InChI=1S/C5H5N5.Pt/c1-10-8-4-5(9-10)7-3-2-6-4;/h2-3H,1H3;. The average Bonchev–Trinajstić information content (AvgIpc) is 2.27. The molecule has 0 unspecified atom stereocenters. The first kappa shape index (κ1) is 8.27. The van der Waals surface area contributed by atoms with Crippen LogP contribution in [0.2, 0.25) is 0 Å². The van der Waals surface area contributed by atoms with Gasteiger partial charge in [0.05, 0.1) is 0 Å². The van der Waals surface area contributed by atoms with E-state index in [1.54, 1.807) is 19.4 Å². The van der Waals surface area contributed by atoms with E-state index in [0.717, 1.165) is 0 Å². The van der Waals surface area contributed by atoms with E-state index in [9.17, 15) is 0 Å². The molecule has 5 nitrogen and oxygen atoms in total. The molecule has 2 heterocycles. The van der Waals surface area contributed by atoms with Crippen molar-refractivity contribution in [2.75, 3.05) is 0 Å². The minimum Gasteiger partial charge on any atom is -0.231 e. The van der Waals surface area contributed by atoms with Gasteiger partial charge < -0.3 is 0 Å².